The van der Waals surface area contributed by atoms with Crippen molar-refractivity contribution >= 4 is 11.9 Å². The third-order valence-corrected chi connectivity index (χ3v) is 1.77. The molecule has 1 aromatic carbocycles. The summed E-state index contributed by atoms with van der Waals surface area (Å²) in [5.41, 5.74) is -1.18. The van der Waals surface area contributed by atoms with Gasteiger partial charge in [0.2, 0.25) is 0 Å². The van der Waals surface area contributed by atoms with Gasteiger partial charge in [-0.05, 0) is 24.3 Å². The number of alkyl halides is 6. The summed E-state index contributed by atoms with van der Waals surface area (Å²) >= 11 is 0. The average Bonchev–Trinajstić information content (AvgIpc) is 2.24. The van der Waals surface area contributed by atoms with Gasteiger partial charge in [-0.3, -0.25) is 0 Å². The molecule has 0 heterocycles. The quantitative estimate of drug-likeness (QED) is 0.441. The molecule has 0 unspecified atom stereocenters. The van der Waals surface area contributed by atoms with Gasteiger partial charge < -0.3 is 10.9 Å². The second-order valence-corrected chi connectivity index (χ2v) is 3.25. The summed E-state index contributed by atoms with van der Waals surface area (Å²) in [4.78, 5) is 21.9. The number of carbonyl (C=O) groups excluding carboxylic acids is 2. The molecule has 0 aromatic heterocycles. The number of ether oxygens (including phenoxy) is 2. The van der Waals surface area contributed by atoms with Crippen LogP contribution in [0.3, 0.4) is 0 Å². The molecule has 0 bridgehead atoms. The summed E-state index contributed by atoms with van der Waals surface area (Å²) in [6, 6.07) is 2.78. The van der Waals surface area contributed by atoms with Crippen molar-refractivity contribution in [3.05, 3.63) is 35.4 Å². The summed E-state index contributed by atoms with van der Waals surface area (Å²) < 4.78 is 76.6. The molecule has 0 saturated carbocycles. The number of esters is 2. The van der Waals surface area contributed by atoms with Crippen LogP contribution in [0, 0.1) is 0 Å². The number of carbonyl (C=O) groups is 2. The van der Waals surface area contributed by atoms with Crippen molar-refractivity contribution in [2.24, 2.45) is 0 Å². The van der Waals surface area contributed by atoms with Crippen LogP contribution < -0.4 is 29.6 Å². The monoisotopic (exact) mass is 326 g/mol. The van der Waals surface area contributed by atoms with Crippen molar-refractivity contribution in [1.29, 1.82) is 0 Å². The standard InChI is InChI=1S/C10H4F6O4.Na.H/c11-9(12,13)19-7(17)5-1-2-6(4-3-5)8(18)20-10(14,15)16;;/h1-4H;;/q;+1;-1. The van der Waals surface area contributed by atoms with Gasteiger partial charge in [-0.15, -0.1) is 26.3 Å². The Morgan fingerprint density at radius 3 is 1.19 bits per heavy atom. The summed E-state index contributed by atoms with van der Waals surface area (Å²) in [6.07, 6.45) is -10.4. The van der Waals surface area contributed by atoms with Gasteiger partial charge in [-0.1, -0.05) is 0 Å². The van der Waals surface area contributed by atoms with Gasteiger partial charge in [-0.2, -0.15) is 0 Å². The van der Waals surface area contributed by atoms with Gasteiger partial charge in [0, 0.05) is 0 Å². The first-order valence-electron chi connectivity index (χ1n) is 4.68. The summed E-state index contributed by atoms with van der Waals surface area (Å²) in [6.45, 7) is 0. The van der Waals surface area contributed by atoms with Crippen molar-refractivity contribution < 1.29 is 76.4 Å². The first-order valence-corrected chi connectivity index (χ1v) is 4.68. The zero-order chi connectivity index (χ0) is 15.6. The number of rotatable bonds is 2. The Morgan fingerprint density at radius 1 is 0.762 bits per heavy atom. The van der Waals surface area contributed by atoms with E-state index in [-0.39, 0.29) is 31.0 Å². The van der Waals surface area contributed by atoms with Crippen LogP contribution >= 0.6 is 0 Å². The van der Waals surface area contributed by atoms with E-state index in [4.69, 9.17) is 0 Å². The predicted octanol–water partition coefficient (Wildman–Crippen LogP) is 0.156. The molecule has 0 aliphatic heterocycles. The molecular formula is C10H5F6NaO4. The molecule has 112 valence electrons. The van der Waals surface area contributed by atoms with Gasteiger partial charge in [0.1, 0.15) is 0 Å². The second kappa shape index (κ2) is 7.14. The molecule has 1 aromatic rings. The third-order valence-electron chi connectivity index (χ3n) is 1.77. The van der Waals surface area contributed by atoms with Crippen LogP contribution in [0.2, 0.25) is 0 Å². The molecule has 0 aliphatic rings. The van der Waals surface area contributed by atoms with E-state index in [2.05, 4.69) is 9.47 Å². The van der Waals surface area contributed by atoms with E-state index in [0.29, 0.717) is 24.3 Å². The number of hydrogen-bond acceptors (Lipinski definition) is 4. The smallest absolute Gasteiger partial charge is 1.00 e. The average molecular weight is 326 g/mol. The van der Waals surface area contributed by atoms with E-state index in [1.807, 2.05) is 0 Å². The fourth-order valence-electron chi connectivity index (χ4n) is 1.07. The Labute approximate surface area is 136 Å². The van der Waals surface area contributed by atoms with E-state index in [1.54, 1.807) is 0 Å². The van der Waals surface area contributed by atoms with Crippen LogP contribution in [0.1, 0.15) is 22.1 Å². The summed E-state index contributed by atoms with van der Waals surface area (Å²) in [5, 5.41) is 0. The normalized spacial score (nSPS) is 11.3. The molecule has 0 radical (unpaired) electrons. The zero-order valence-electron chi connectivity index (χ0n) is 11.2. The van der Waals surface area contributed by atoms with Crippen molar-refractivity contribution in [3.63, 3.8) is 0 Å². The fraction of sp³-hybridized carbons (Fsp3) is 0.200. The minimum absolute atomic E-state index is 0. The van der Waals surface area contributed by atoms with E-state index in [9.17, 15) is 35.9 Å². The Hall–Kier alpha value is -1.26. The zero-order valence-corrected chi connectivity index (χ0v) is 12.2. The SMILES string of the molecule is O=C(OC(F)(F)F)c1ccc(C(=O)OC(F)(F)F)cc1.[H-].[Na+]. The van der Waals surface area contributed by atoms with Gasteiger partial charge in [0.05, 0.1) is 11.1 Å². The van der Waals surface area contributed by atoms with Crippen LogP contribution in [0.25, 0.3) is 0 Å². The molecule has 0 aliphatic carbocycles. The van der Waals surface area contributed by atoms with Crippen LogP contribution in [0.4, 0.5) is 26.3 Å². The van der Waals surface area contributed by atoms with Crippen LogP contribution in [-0.4, -0.2) is 24.7 Å². The van der Waals surface area contributed by atoms with Crippen molar-refractivity contribution in [2.45, 2.75) is 12.7 Å². The number of hydrogen-bond donors (Lipinski definition) is 0. The predicted molar refractivity (Wildman–Crippen MR) is 50.5 cm³/mol. The van der Waals surface area contributed by atoms with Crippen molar-refractivity contribution in [2.75, 3.05) is 0 Å². The van der Waals surface area contributed by atoms with Gasteiger partial charge in [0.25, 0.3) is 0 Å². The molecular weight excluding hydrogens is 321 g/mol. The third kappa shape index (κ3) is 7.34. The molecule has 0 spiro atoms. The first kappa shape index (κ1) is 19.7. The summed E-state index contributed by atoms with van der Waals surface area (Å²) in [5.74, 6) is -3.51. The number of benzene rings is 1. The van der Waals surface area contributed by atoms with Crippen LogP contribution in [-0.2, 0) is 9.47 Å². The van der Waals surface area contributed by atoms with Crippen molar-refractivity contribution in [1.82, 2.24) is 0 Å². The van der Waals surface area contributed by atoms with Crippen molar-refractivity contribution in [3.8, 4) is 0 Å². The molecule has 0 atom stereocenters. The van der Waals surface area contributed by atoms with Gasteiger partial charge >= 0.3 is 54.2 Å². The minimum atomic E-state index is -5.19. The fourth-order valence-corrected chi connectivity index (χ4v) is 1.07. The molecule has 11 heteroatoms. The van der Waals surface area contributed by atoms with E-state index >= 15 is 0 Å². The summed E-state index contributed by atoms with van der Waals surface area (Å²) in [7, 11) is 0. The molecule has 0 fully saturated rings. The first-order chi connectivity index (χ1) is 8.98. The largest absolute Gasteiger partial charge is 1.00 e. The van der Waals surface area contributed by atoms with Crippen LogP contribution in [0.5, 0.6) is 0 Å². The Morgan fingerprint density at radius 2 is 1.00 bits per heavy atom. The maximum absolute atomic E-state index is 11.7. The molecule has 0 N–H and O–H groups in total. The Kier molecular flexibility index (Phi) is 6.71. The maximum Gasteiger partial charge on any atom is 1.00 e. The molecule has 21 heavy (non-hydrogen) atoms. The molecule has 0 amide bonds. The molecule has 1 rings (SSSR count). The van der Waals surface area contributed by atoms with E-state index < -0.39 is 35.8 Å². The topological polar surface area (TPSA) is 52.6 Å². The number of halogens is 6. The van der Waals surface area contributed by atoms with E-state index in [1.165, 1.54) is 0 Å². The second-order valence-electron chi connectivity index (χ2n) is 3.25. The maximum atomic E-state index is 11.7. The molecule has 0 saturated heterocycles. The Balaban J connectivity index is 0. The van der Waals surface area contributed by atoms with E-state index in [0.717, 1.165) is 0 Å². The molecule has 4 nitrogen and oxygen atoms in total. The Bertz CT molecular complexity index is 467. The minimum Gasteiger partial charge on any atom is -1.00 e. The van der Waals surface area contributed by atoms with Gasteiger partial charge in [0.15, 0.2) is 0 Å². The van der Waals surface area contributed by atoms with Gasteiger partial charge in [-0.25, -0.2) is 9.59 Å². The van der Waals surface area contributed by atoms with Crippen LogP contribution in [0.15, 0.2) is 24.3 Å².